The van der Waals surface area contributed by atoms with Gasteiger partial charge in [0, 0.05) is 14.1 Å². The number of hydrogen-bond acceptors (Lipinski definition) is 5. The number of halogens is 1. The smallest absolute Gasteiger partial charge is 0.311 e. The van der Waals surface area contributed by atoms with Gasteiger partial charge < -0.3 is 4.90 Å². The molecule has 0 atom stereocenters. The van der Waals surface area contributed by atoms with Crippen molar-refractivity contribution < 1.29 is 28.5 Å². The van der Waals surface area contributed by atoms with E-state index in [2.05, 4.69) is 4.29 Å². The molecule has 6 heteroatoms. The second-order valence-electron chi connectivity index (χ2n) is 2.82. The molecule has 14 heavy (non-hydrogen) atoms. The zero-order chi connectivity index (χ0) is 10.8. The van der Waals surface area contributed by atoms with Crippen LogP contribution in [0.5, 0.6) is 5.75 Å². The molecule has 1 rings (SSSR count). The van der Waals surface area contributed by atoms with Crippen LogP contribution in [0.15, 0.2) is 24.3 Å². The third-order valence-corrected chi connectivity index (χ3v) is 1.88. The molecule has 0 N–H and O–H groups in total. The van der Waals surface area contributed by atoms with Crippen molar-refractivity contribution in [2.24, 2.45) is 0 Å². The molecule has 0 saturated carbocycles. The Morgan fingerprint density at radius 3 is 2.21 bits per heavy atom. The van der Waals surface area contributed by atoms with Crippen LogP contribution in [0.2, 0.25) is 0 Å². The molecule has 0 saturated heterocycles. The number of nitrogens with zero attached hydrogens (tertiary/aromatic N) is 1. The third kappa shape index (κ3) is 3.04. The Labute approximate surface area is 83.9 Å². The molecule has 1 aromatic rings. The van der Waals surface area contributed by atoms with Crippen LogP contribution in [0, 0.1) is 10.2 Å². The van der Waals surface area contributed by atoms with Crippen molar-refractivity contribution in [1.29, 1.82) is 0 Å². The Morgan fingerprint density at radius 2 is 1.71 bits per heavy atom. The summed E-state index contributed by atoms with van der Waals surface area (Å²) in [6.45, 7) is 0. The first-order valence-electron chi connectivity index (χ1n) is 3.77. The molecule has 0 heterocycles. The molecule has 0 aliphatic heterocycles. The fraction of sp³-hybridized carbons (Fsp3) is 0.250. The Bertz CT molecular complexity index is 310. The Kier molecular flexibility index (Phi) is 3.17. The van der Waals surface area contributed by atoms with E-state index in [1.54, 1.807) is 37.2 Å². The van der Waals surface area contributed by atoms with Gasteiger partial charge in [0.25, 0.3) is 0 Å². The Morgan fingerprint density at radius 1 is 1.14 bits per heavy atom. The average Bonchev–Trinajstić information content (AvgIpc) is 2.01. The number of rotatable bonds is 3. The van der Waals surface area contributed by atoms with Gasteiger partial charge >= 0.3 is 5.75 Å². The van der Waals surface area contributed by atoms with E-state index in [4.69, 9.17) is 0 Å². The maximum atomic E-state index is 10.4. The van der Waals surface area contributed by atoms with Crippen molar-refractivity contribution in [1.82, 2.24) is 0 Å². The normalized spacial score (nSPS) is 11.2. The van der Waals surface area contributed by atoms with Crippen molar-refractivity contribution in [3.8, 4) is 5.75 Å². The molecular weight excluding hydrogens is 210 g/mol. The molecule has 5 nitrogen and oxygen atoms in total. The lowest BCUT2D eigenvalue weighted by atomic mass is 10.3. The predicted octanol–water partition coefficient (Wildman–Crippen LogP) is -1.97. The van der Waals surface area contributed by atoms with Crippen molar-refractivity contribution in [2.75, 3.05) is 19.0 Å². The first-order valence-corrected chi connectivity index (χ1v) is 5.00. The summed E-state index contributed by atoms with van der Waals surface area (Å²) < 4.78 is 35.3. The van der Waals surface area contributed by atoms with Crippen LogP contribution in [-0.2, 0) is 0 Å². The summed E-state index contributed by atoms with van der Waals surface area (Å²) in [5, 5.41) is 0. The number of anilines is 1. The predicted molar refractivity (Wildman–Crippen MR) is 41.4 cm³/mol. The van der Waals surface area contributed by atoms with Gasteiger partial charge in [0.05, 0.1) is 5.69 Å². The van der Waals surface area contributed by atoms with Gasteiger partial charge in [0.2, 0.25) is 0 Å². The molecule has 0 aliphatic carbocycles. The highest BCUT2D eigenvalue weighted by molar-refractivity contribution is 5.56. The van der Waals surface area contributed by atoms with E-state index in [1.165, 1.54) is 6.07 Å². The van der Waals surface area contributed by atoms with Crippen LogP contribution >= 0.6 is 0 Å². The van der Waals surface area contributed by atoms with Crippen molar-refractivity contribution >= 4 is 5.69 Å². The van der Waals surface area contributed by atoms with Crippen LogP contribution in [-0.4, -0.2) is 14.1 Å². The fourth-order valence-corrected chi connectivity index (χ4v) is 1.33. The third-order valence-electron chi connectivity index (χ3n) is 1.52. The number of benzene rings is 1. The van der Waals surface area contributed by atoms with E-state index in [0.717, 1.165) is 0 Å². The van der Waals surface area contributed by atoms with Gasteiger partial charge in [-0.1, -0.05) is 16.4 Å². The van der Waals surface area contributed by atoms with Gasteiger partial charge in [-0.3, -0.25) is 0 Å². The minimum Gasteiger partial charge on any atom is -0.374 e. The van der Waals surface area contributed by atoms with Crippen LogP contribution in [0.4, 0.5) is 5.69 Å². The minimum atomic E-state index is -4.44. The standard InChI is InChI=1S/C8H10ClNO4/c1-10(2)7-5-3-4-6-8(7)14-9(11,12)13/h3-6H,1-2H3. The fourth-order valence-electron chi connectivity index (χ4n) is 0.994. The van der Waals surface area contributed by atoms with Gasteiger partial charge in [-0.05, 0) is 12.1 Å². The Hall–Kier alpha value is -1.01. The second kappa shape index (κ2) is 4.02. The van der Waals surface area contributed by atoms with Crippen molar-refractivity contribution in [3.05, 3.63) is 24.3 Å². The molecule has 0 aliphatic rings. The van der Waals surface area contributed by atoms with Crippen LogP contribution in [0.25, 0.3) is 0 Å². The highest BCUT2D eigenvalue weighted by Crippen LogP contribution is 2.27. The van der Waals surface area contributed by atoms with E-state index >= 15 is 0 Å². The van der Waals surface area contributed by atoms with Crippen LogP contribution in [0.3, 0.4) is 0 Å². The highest BCUT2D eigenvalue weighted by atomic mass is 35.7. The molecule has 0 fully saturated rings. The molecule has 0 bridgehead atoms. The van der Waals surface area contributed by atoms with Crippen LogP contribution in [0.1, 0.15) is 0 Å². The molecule has 0 aromatic heterocycles. The van der Waals surface area contributed by atoms with E-state index in [1.807, 2.05) is 0 Å². The summed E-state index contributed by atoms with van der Waals surface area (Å²) in [4.78, 5) is 1.65. The maximum absolute atomic E-state index is 10.4. The lowest BCUT2D eigenvalue weighted by Crippen LogP contribution is -2.63. The van der Waals surface area contributed by atoms with Gasteiger partial charge in [-0.15, -0.1) is 0 Å². The van der Waals surface area contributed by atoms with E-state index in [9.17, 15) is 14.0 Å². The summed E-state index contributed by atoms with van der Waals surface area (Å²) in [6.07, 6.45) is 0. The average molecular weight is 220 g/mol. The molecular formula is C8H10ClNO4. The highest BCUT2D eigenvalue weighted by Gasteiger charge is 2.22. The van der Waals surface area contributed by atoms with Crippen LogP contribution < -0.4 is 23.2 Å². The summed E-state index contributed by atoms with van der Waals surface area (Å²) in [6, 6.07) is 6.37. The first-order chi connectivity index (χ1) is 6.40. The van der Waals surface area contributed by atoms with E-state index in [0.29, 0.717) is 5.69 Å². The quantitative estimate of drug-likeness (QED) is 0.589. The molecule has 0 spiro atoms. The van der Waals surface area contributed by atoms with Crippen molar-refractivity contribution in [2.45, 2.75) is 0 Å². The summed E-state index contributed by atoms with van der Waals surface area (Å²) in [5.41, 5.74) is 0.527. The molecule has 1 aromatic carbocycles. The zero-order valence-corrected chi connectivity index (χ0v) is 8.52. The summed E-state index contributed by atoms with van der Waals surface area (Å²) in [7, 11) is -1.00. The summed E-state index contributed by atoms with van der Waals surface area (Å²) >= 11 is 0. The molecule has 0 radical (unpaired) electrons. The van der Waals surface area contributed by atoms with Gasteiger partial charge in [-0.2, -0.15) is 14.0 Å². The van der Waals surface area contributed by atoms with E-state index < -0.39 is 10.2 Å². The zero-order valence-electron chi connectivity index (χ0n) is 7.77. The minimum absolute atomic E-state index is 0.0224. The SMILES string of the molecule is CN(C)c1ccccc1O[Cl+3]([O-])([O-])[O-]. The van der Waals surface area contributed by atoms with Gasteiger partial charge in [-0.25, -0.2) is 0 Å². The summed E-state index contributed by atoms with van der Waals surface area (Å²) in [5.74, 6) is 0.0224. The monoisotopic (exact) mass is 219 g/mol. The number of para-hydroxylation sites is 2. The van der Waals surface area contributed by atoms with Gasteiger partial charge in [0.1, 0.15) is 10.2 Å². The van der Waals surface area contributed by atoms with Crippen molar-refractivity contribution in [3.63, 3.8) is 0 Å². The largest absolute Gasteiger partial charge is 0.374 e. The lowest BCUT2D eigenvalue weighted by Gasteiger charge is -2.17. The van der Waals surface area contributed by atoms with E-state index in [-0.39, 0.29) is 5.75 Å². The Balaban J connectivity index is 2.96. The molecule has 0 amide bonds. The molecule has 0 unspecified atom stereocenters. The first kappa shape index (κ1) is 11.1. The number of hydrogen-bond donors (Lipinski definition) is 0. The second-order valence-corrected chi connectivity index (χ2v) is 3.73. The lowest BCUT2D eigenvalue weighted by molar-refractivity contribution is -1.91. The molecule has 78 valence electrons. The van der Waals surface area contributed by atoms with Gasteiger partial charge in [0.15, 0.2) is 0 Å². The maximum Gasteiger partial charge on any atom is 0.311 e. The topological polar surface area (TPSA) is 81.7 Å².